The maximum Gasteiger partial charge on any atom is 0.419 e. The van der Waals surface area contributed by atoms with Crippen molar-refractivity contribution in [3.63, 3.8) is 0 Å². The average Bonchev–Trinajstić information content (AvgIpc) is 3.11. The van der Waals surface area contributed by atoms with Crippen molar-refractivity contribution in [2.45, 2.75) is 23.6 Å². The van der Waals surface area contributed by atoms with Gasteiger partial charge in [-0.2, -0.15) is 13.2 Å². The van der Waals surface area contributed by atoms with Gasteiger partial charge >= 0.3 is 6.18 Å². The van der Waals surface area contributed by atoms with Crippen molar-refractivity contribution in [3.05, 3.63) is 66.2 Å². The summed E-state index contributed by atoms with van der Waals surface area (Å²) in [6.45, 7) is 1.23. The number of hydrogen-bond acceptors (Lipinski definition) is 4. The monoisotopic (exact) mass is 450 g/mol. The van der Waals surface area contributed by atoms with Gasteiger partial charge in [0.15, 0.2) is 0 Å². The highest BCUT2D eigenvalue weighted by Crippen LogP contribution is 2.39. The number of fused-ring (bicyclic) bond motifs is 1. The van der Waals surface area contributed by atoms with E-state index in [9.17, 15) is 21.6 Å². The van der Waals surface area contributed by atoms with E-state index in [-0.39, 0.29) is 16.3 Å². The van der Waals surface area contributed by atoms with Crippen molar-refractivity contribution in [2.75, 3.05) is 24.9 Å². The molecule has 0 aromatic heterocycles. The molecule has 0 amide bonds. The normalized spacial score (nSPS) is 17.7. The fraction of sp³-hybridized carbons (Fsp3) is 0.273. The van der Waals surface area contributed by atoms with E-state index in [1.165, 1.54) is 12.1 Å². The number of benzene rings is 3. The first kappa shape index (κ1) is 21.5. The van der Waals surface area contributed by atoms with Crippen LogP contribution in [0.3, 0.4) is 0 Å². The van der Waals surface area contributed by atoms with Crippen molar-refractivity contribution in [3.8, 4) is 5.75 Å². The lowest BCUT2D eigenvalue weighted by atomic mass is 10.1. The Bertz CT molecular complexity index is 1210. The van der Waals surface area contributed by atoms with Crippen molar-refractivity contribution >= 4 is 26.5 Å². The van der Waals surface area contributed by atoms with Crippen LogP contribution in [0, 0.1) is 0 Å². The number of likely N-dealkylation sites (N-methyl/N-ethyl adjacent to an activating group) is 1. The number of ether oxygens (including phenoxy) is 1. The summed E-state index contributed by atoms with van der Waals surface area (Å²) < 4.78 is 74.0. The van der Waals surface area contributed by atoms with Crippen LogP contribution in [-0.2, 0) is 16.2 Å². The van der Waals surface area contributed by atoms with Gasteiger partial charge in [-0.15, -0.1) is 0 Å². The minimum absolute atomic E-state index is 0.00232. The van der Waals surface area contributed by atoms with E-state index in [0.29, 0.717) is 13.0 Å². The molecule has 1 atom stereocenters. The second-order valence-electron chi connectivity index (χ2n) is 7.61. The Kier molecular flexibility index (Phi) is 5.57. The molecule has 3 aromatic rings. The molecule has 0 saturated carbocycles. The van der Waals surface area contributed by atoms with Gasteiger partial charge in [0, 0.05) is 19.2 Å². The summed E-state index contributed by atoms with van der Waals surface area (Å²) in [6.07, 6.45) is -4.41. The predicted octanol–water partition coefficient (Wildman–Crippen LogP) is 4.74. The van der Waals surface area contributed by atoms with Gasteiger partial charge in [0.05, 0.1) is 16.1 Å². The van der Waals surface area contributed by atoms with Gasteiger partial charge in [0.1, 0.15) is 11.9 Å². The zero-order chi connectivity index (χ0) is 22.2. The lowest BCUT2D eigenvalue weighted by Gasteiger charge is -2.19. The Morgan fingerprint density at radius 1 is 1.03 bits per heavy atom. The minimum atomic E-state index is -4.62. The molecular formula is C22H21F3N2O3S. The summed E-state index contributed by atoms with van der Waals surface area (Å²) in [7, 11) is -2.14. The Morgan fingerprint density at radius 3 is 2.45 bits per heavy atom. The van der Waals surface area contributed by atoms with E-state index in [0.717, 1.165) is 35.5 Å². The first-order chi connectivity index (χ1) is 14.6. The molecule has 0 aliphatic carbocycles. The molecule has 3 aromatic carbocycles. The van der Waals surface area contributed by atoms with E-state index in [1.807, 2.05) is 24.1 Å². The molecule has 1 fully saturated rings. The standard InChI is InChI=1S/C22H21F3N2O3S/c1-27-11-10-18(14-27)30-21-13-17(7-9-20(21)22(23,24)25)26-31(28,29)19-8-6-15-4-2-3-5-16(15)12-19/h2-9,12-13,18,26H,10-11,14H2,1H3. The molecule has 1 saturated heterocycles. The highest BCUT2D eigenvalue weighted by Gasteiger charge is 2.36. The van der Waals surface area contributed by atoms with Crippen LogP contribution >= 0.6 is 0 Å². The summed E-state index contributed by atoms with van der Waals surface area (Å²) in [5, 5.41) is 1.63. The molecule has 4 rings (SSSR count). The van der Waals surface area contributed by atoms with Gasteiger partial charge < -0.3 is 9.64 Å². The van der Waals surface area contributed by atoms with Crippen LogP contribution in [0.15, 0.2) is 65.6 Å². The quantitative estimate of drug-likeness (QED) is 0.610. The van der Waals surface area contributed by atoms with Crippen LogP contribution in [0.25, 0.3) is 10.8 Å². The molecular weight excluding hydrogens is 429 g/mol. The summed E-state index contributed by atoms with van der Waals surface area (Å²) in [4.78, 5) is 1.98. The molecule has 9 heteroatoms. The summed E-state index contributed by atoms with van der Waals surface area (Å²) >= 11 is 0. The highest BCUT2D eigenvalue weighted by molar-refractivity contribution is 7.92. The molecule has 5 nitrogen and oxygen atoms in total. The predicted molar refractivity (Wildman–Crippen MR) is 113 cm³/mol. The number of nitrogens with one attached hydrogen (secondary N) is 1. The minimum Gasteiger partial charge on any atom is -0.488 e. The van der Waals surface area contributed by atoms with Gasteiger partial charge in [-0.25, -0.2) is 8.42 Å². The third-order valence-corrected chi connectivity index (χ3v) is 6.59. The largest absolute Gasteiger partial charge is 0.488 e. The van der Waals surface area contributed by atoms with Gasteiger partial charge in [-0.3, -0.25) is 4.72 Å². The number of sulfonamides is 1. The van der Waals surface area contributed by atoms with Crippen molar-refractivity contribution in [1.82, 2.24) is 4.90 Å². The molecule has 1 unspecified atom stereocenters. The molecule has 1 aliphatic heterocycles. The van der Waals surface area contributed by atoms with Crippen molar-refractivity contribution < 1.29 is 26.3 Å². The average molecular weight is 450 g/mol. The Labute approximate surface area is 178 Å². The van der Waals surface area contributed by atoms with E-state index in [1.54, 1.807) is 18.2 Å². The second-order valence-corrected chi connectivity index (χ2v) is 9.30. The van der Waals surface area contributed by atoms with Gasteiger partial charge in [-0.05, 0) is 48.5 Å². The lowest BCUT2D eigenvalue weighted by Crippen LogP contribution is -2.23. The van der Waals surface area contributed by atoms with Crippen LogP contribution in [0.1, 0.15) is 12.0 Å². The lowest BCUT2D eigenvalue weighted by molar-refractivity contribution is -0.139. The zero-order valence-electron chi connectivity index (χ0n) is 16.7. The van der Waals surface area contributed by atoms with E-state index < -0.39 is 27.9 Å². The molecule has 164 valence electrons. The van der Waals surface area contributed by atoms with Crippen molar-refractivity contribution in [2.24, 2.45) is 0 Å². The van der Waals surface area contributed by atoms with Gasteiger partial charge in [0.25, 0.3) is 10.0 Å². The number of likely N-dealkylation sites (tertiary alicyclic amines) is 1. The number of nitrogens with zero attached hydrogens (tertiary/aromatic N) is 1. The van der Waals surface area contributed by atoms with Gasteiger partial charge in [0.2, 0.25) is 0 Å². The summed E-state index contributed by atoms with van der Waals surface area (Å²) in [6, 6.07) is 15.0. The maximum absolute atomic E-state index is 13.5. The third kappa shape index (κ3) is 4.77. The first-order valence-corrected chi connectivity index (χ1v) is 11.2. The summed E-state index contributed by atoms with van der Waals surface area (Å²) in [5.41, 5.74) is -0.932. The van der Waals surface area contributed by atoms with Crippen LogP contribution < -0.4 is 9.46 Å². The smallest absolute Gasteiger partial charge is 0.419 e. The summed E-state index contributed by atoms with van der Waals surface area (Å²) in [5.74, 6) is -0.383. The molecule has 0 radical (unpaired) electrons. The molecule has 1 N–H and O–H groups in total. The van der Waals surface area contributed by atoms with E-state index >= 15 is 0 Å². The van der Waals surface area contributed by atoms with Crippen LogP contribution in [0.4, 0.5) is 18.9 Å². The number of anilines is 1. The molecule has 31 heavy (non-hydrogen) atoms. The Morgan fingerprint density at radius 2 is 1.77 bits per heavy atom. The first-order valence-electron chi connectivity index (χ1n) is 9.70. The van der Waals surface area contributed by atoms with E-state index in [2.05, 4.69) is 4.72 Å². The van der Waals surface area contributed by atoms with Crippen molar-refractivity contribution in [1.29, 1.82) is 0 Å². The second kappa shape index (κ2) is 8.05. The fourth-order valence-corrected chi connectivity index (χ4v) is 4.72. The van der Waals surface area contributed by atoms with Crippen LogP contribution in [0.2, 0.25) is 0 Å². The number of alkyl halides is 3. The number of rotatable bonds is 5. The van der Waals surface area contributed by atoms with Crippen LogP contribution in [-0.4, -0.2) is 39.6 Å². The number of hydrogen-bond donors (Lipinski definition) is 1. The zero-order valence-corrected chi connectivity index (χ0v) is 17.5. The SMILES string of the molecule is CN1CCC(Oc2cc(NS(=O)(=O)c3ccc4ccccc4c3)ccc2C(F)(F)F)C1. The van der Waals surface area contributed by atoms with E-state index in [4.69, 9.17) is 4.74 Å². The Hall–Kier alpha value is -2.78. The molecule has 1 heterocycles. The van der Waals surface area contributed by atoms with Crippen LogP contribution in [0.5, 0.6) is 5.75 Å². The highest BCUT2D eigenvalue weighted by atomic mass is 32.2. The topological polar surface area (TPSA) is 58.6 Å². The molecule has 1 aliphatic rings. The fourth-order valence-electron chi connectivity index (χ4n) is 3.64. The molecule has 0 bridgehead atoms. The maximum atomic E-state index is 13.5. The Balaban J connectivity index is 1.64. The van der Waals surface area contributed by atoms with Gasteiger partial charge in [-0.1, -0.05) is 30.3 Å². The number of halogens is 3. The molecule has 0 spiro atoms. The third-order valence-electron chi connectivity index (χ3n) is 5.21.